The summed E-state index contributed by atoms with van der Waals surface area (Å²) in [5.41, 5.74) is 5.11. The number of furan rings is 1. The van der Waals surface area contributed by atoms with Gasteiger partial charge in [-0.05, 0) is 41.0 Å². The quantitative estimate of drug-likeness (QED) is 0.223. The average Bonchev–Trinajstić information content (AvgIpc) is 3.37. The van der Waals surface area contributed by atoms with E-state index in [1.165, 1.54) is 16.0 Å². The minimum Gasteiger partial charge on any atom is -0.453 e. The molecule has 0 saturated heterocycles. The van der Waals surface area contributed by atoms with Gasteiger partial charge in [0.05, 0.1) is 23.2 Å². The van der Waals surface area contributed by atoms with Gasteiger partial charge in [0.1, 0.15) is 17.4 Å². The molecule has 3 nitrogen and oxygen atoms in total. The van der Waals surface area contributed by atoms with Gasteiger partial charge in [0, 0.05) is 17.4 Å². The number of benzene rings is 3. The summed E-state index contributed by atoms with van der Waals surface area (Å²) in [6, 6.07) is 18.9. The summed E-state index contributed by atoms with van der Waals surface area (Å²) in [7, 11) is -1.61. The molecule has 0 saturated carbocycles. The lowest BCUT2D eigenvalue weighted by Gasteiger charge is -2.21. The number of hydrogen-bond acceptors (Lipinski definition) is 4. The Hall–Kier alpha value is -3.16. The van der Waals surface area contributed by atoms with Gasteiger partial charge in [0.15, 0.2) is 5.58 Å². The summed E-state index contributed by atoms with van der Waals surface area (Å²) in [5.74, 6) is 0. The first kappa shape index (κ1) is 22.3. The zero-order valence-corrected chi connectivity index (χ0v) is 21.5. The molecule has 0 radical (unpaired) electrons. The fraction of sp³-hybridized carbons (Fsp3) is 0.214. The van der Waals surface area contributed by atoms with Crippen LogP contribution in [0.1, 0.15) is 12.0 Å². The van der Waals surface area contributed by atoms with Gasteiger partial charge in [-0.3, -0.25) is 0 Å². The van der Waals surface area contributed by atoms with E-state index >= 15 is 0 Å². The molecular weight excluding hydrogens is 478 g/mol. The molecular formula is C28H24F2N2OSSi. The summed E-state index contributed by atoms with van der Waals surface area (Å²) in [6.45, 7) is 7.11. The Bertz CT molecular complexity index is 1730. The minimum atomic E-state index is -2.30. The van der Waals surface area contributed by atoms with E-state index in [1.807, 2.05) is 18.2 Å². The summed E-state index contributed by atoms with van der Waals surface area (Å²) in [5, 5.41) is 4.93. The van der Waals surface area contributed by atoms with E-state index in [2.05, 4.69) is 61.0 Å². The molecule has 0 spiro atoms. The van der Waals surface area contributed by atoms with Gasteiger partial charge >= 0.3 is 0 Å². The fourth-order valence-electron chi connectivity index (χ4n) is 4.81. The third kappa shape index (κ3) is 3.83. The van der Waals surface area contributed by atoms with Crippen LogP contribution in [0.5, 0.6) is 0 Å². The molecule has 3 heterocycles. The largest absolute Gasteiger partial charge is 0.453 e. The van der Waals surface area contributed by atoms with Crippen molar-refractivity contribution in [3.8, 4) is 11.3 Å². The molecule has 0 N–H and O–H groups in total. The molecule has 0 bridgehead atoms. The number of alkyl halides is 2. The summed E-state index contributed by atoms with van der Waals surface area (Å²) >= 11 is 1.63. The second-order valence-electron chi connectivity index (χ2n) is 10.0. The SMILES string of the molecule is C[Si](C)(C)c1cc(-c2ncnc3c2sc2c4ccc(CCC(F)F)cc4oc32)cc2ccccc12. The fourth-order valence-corrected chi connectivity index (χ4v) is 7.66. The van der Waals surface area contributed by atoms with E-state index in [-0.39, 0.29) is 6.42 Å². The maximum atomic E-state index is 12.6. The van der Waals surface area contributed by atoms with Crippen LogP contribution >= 0.6 is 11.3 Å². The molecule has 6 aromatic rings. The van der Waals surface area contributed by atoms with E-state index in [9.17, 15) is 8.78 Å². The van der Waals surface area contributed by atoms with Crippen molar-refractivity contribution in [2.24, 2.45) is 0 Å². The number of rotatable bonds is 5. The van der Waals surface area contributed by atoms with Crippen molar-refractivity contribution >= 4 is 66.8 Å². The van der Waals surface area contributed by atoms with Crippen LogP contribution in [0.3, 0.4) is 0 Å². The average molecular weight is 503 g/mol. The van der Waals surface area contributed by atoms with Gasteiger partial charge in [0.2, 0.25) is 6.43 Å². The number of nitrogens with zero attached hydrogens (tertiary/aromatic N) is 2. The number of aromatic nitrogens is 2. The molecule has 0 aliphatic heterocycles. The molecule has 0 aliphatic rings. The molecule has 35 heavy (non-hydrogen) atoms. The Morgan fingerprint density at radius 3 is 2.57 bits per heavy atom. The number of fused-ring (bicyclic) bond motifs is 6. The van der Waals surface area contributed by atoms with E-state index in [0.717, 1.165) is 42.7 Å². The van der Waals surface area contributed by atoms with Crippen LogP contribution in [0, 0.1) is 0 Å². The van der Waals surface area contributed by atoms with Crippen molar-refractivity contribution < 1.29 is 13.2 Å². The maximum absolute atomic E-state index is 12.6. The van der Waals surface area contributed by atoms with Crippen molar-refractivity contribution in [1.82, 2.24) is 9.97 Å². The Labute approximate surface area is 206 Å². The highest BCUT2D eigenvalue weighted by Crippen LogP contribution is 2.43. The van der Waals surface area contributed by atoms with Crippen molar-refractivity contribution in [1.29, 1.82) is 0 Å². The lowest BCUT2D eigenvalue weighted by molar-refractivity contribution is 0.138. The van der Waals surface area contributed by atoms with Crippen LogP contribution in [-0.4, -0.2) is 24.5 Å². The van der Waals surface area contributed by atoms with Gasteiger partial charge in [-0.15, -0.1) is 11.3 Å². The third-order valence-corrected chi connectivity index (χ3v) is 9.76. The standard InChI is InChI=1S/C28H24F2N2OSSi/c1-35(2,3)22-14-18(13-17-6-4-5-7-19(17)22)24-28-25(32-15-31-24)26-27(34-28)20-10-8-16(9-11-23(29)30)12-21(20)33-26/h4-8,10,12-15,23H,9,11H2,1-3H3. The van der Waals surface area contributed by atoms with Crippen molar-refractivity contribution in [3.05, 3.63) is 66.5 Å². The highest BCUT2D eigenvalue weighted by molar-refractivity contribution is 7.27. The normalized spacial score (nSPS) is 12.6. The summed E-state index contributed by atoms with van der Waals surface area (Å²) < 4.78 is 33.5. The molecule has 0 atom stereocenters. The monoisotopic (exact) mass is 502 g/mol. The summed E-state index contributed by atoms with van der Waals surface area (Å²) in [4.78, 5) is 9.30. The number of aryl methyl sites for hydroxylation is 1. The van der Waals surface area contributed by atoms with Gasteiger partial charge < -0.3 is 4.42 Å². The van der Waals surface area contributed by atoms with Crippen molar-refractivity contribution in [2.45, 2.75) is 38.9 Å². The van der Waals surface area contributed by atoms with Crippen LogP contribution < -0.4 is 5.19 Å². The van der Waals surface area contributed by atoms with Crippen LogP contribution in [0.15, 0.2) is 65.3 Å². The van der Waals surface area contributed by atoms with Crippen molar-refractivity contribution in [3.63, 3.8) is 0 Å². The van der Waals surface area contributed by atoms with E-state index in [0.29, 0.717) is 12.0 Å². The topological polar surface area (TPSA) is 38.9 Å². The van der Waals surface area contributed by atoms with Crippen LogP contribution in [-0.2, 0) is 6.42 Å². The smallest absolute Gasteiger partial charge is 0.239 e. The highest BCUT2D eigenvalue weighted by Gasteiger charge is 2.23. The van der Waals surface area contributed by atoms with Crippen LogP contribution in [0.4, 0.5) is 8.78 Å². The molecule has 3 aromatic carbocycles. The Morgan fingerprint density at radius 2 is 1.77 bits per heavy atom. The van der Waals surface area contributed by atoms with Gasteiger partial charge in [-0.2, -0.15) is 0 Å². The first-order valence-corrected chi connectivity index (χ1v) is 16.0. The zero-order valence-electron chi connectivity index (χ0n) is 19.7. The van der Waals surface area contributed by atoms with Crippen molar-refractivity contribution in [2.75, 3.05) is 0 Å². The van der Waals surface area contributed by atoms with Gasteiger partial charge in [0.25, 0.3) is 0 Å². The van der Waals surface area contributed by atoms with Crippen LogP contribution in [0.2, 0.25) is 19.6 Å². The Morgan fingerprint density at radius 1 is 0.943 bits per heavy atom. The molecule has 3 aromatic heterocycles. The zero-order chi connectivity index (χ0) is 24.3. The van der Waals surface area contributed by atoms with Gasteiger partial charge in [-0.25, -0.2) is 18.7 Å². The lowest BCUT2D eigenvalue weighted by Crippen LogP contribution is -2.38. The van der Waals surface area contributed by atoms with E-state index < -0.39 is 14.5 Å². The molecule has 0 fully saturated rings. The Kier molecular flexibility index (Phi) is 5.23. The number of halogens is 2. The second kappa shape index (κ2) is 8.21. The first-order valence-electron chi connectivity index (χ1n) is 11.7. The van der Waals surface area contributed by atoms with Crippen LogP contribution in [0.25, 0.3) is 53.5 Å². The van der Waals surface area contributed by atoms with E-state index in [1.54, 1.807) is 17.7 Å². The number of hydrogen-bond donors (Lipinski definition) is 0. The maximum Gasteiger partial charge on any atom is 0.239 e. The molecule has 0 aliphatic carbocycles. The molecule has 6 rings (SSSR count). The first-order chi connectivity index (χ1) is 16.8. The Balaban J connectivity index is 1.54. The van der Waals surface area contributed by atoms with Gasteiger partial charge in [-0.1, -0.05) is 61.2 Å². The summed E-state index contributed by atoms with van der Waals surface area (Å²) in [6.07, 6.45) is -0.516. The molecule has 0 unspecified atom stereocenters. The minimum absolute atomic E-state index is 0.148. The number of thiophene rings is 1. The highest BCUT2D eigenvalue weighted by atomic mass is 32.1. The van der Waals surface area contributed by atoms with E-state index in [4.69, 9.17) is 9.40 Å². The molecule has 7 heteroatoms. The second-order valence-corrected chi connectivity index (χ2v) is 16.1. The lowest BCUT2D eigenvalue weighted by atomic mass is 10.0. The third-order valence-electron chi connectivity index (χ3n) is 6.53. The molecule has 176 valence electrons. The molecule has 0 amide bonds. The predicted octanol–water partition coefficient (Wildman–Crippen LogP) is 8.15. The predicted molar refractivity (Wildman–Crippen MR) is 145 cm³/mol.